The highest BCUT2D eigenvalue weighted by Gasteiger charge is 2.35. The number of benzene rings is 3. The smallest absolute Gasteiger partial charge is 0.257 e. The molecule has 2 aliphatic heterocycles. The Morgan fingerprint density at radius 3 is 2.25 bits per heavy atom. The van der Waals surface area contributed by atoms with Crippen molar-refractivity contribution in [2.24, 2.45) is 5.10 Å². The van der Waals surface area contributed by atoms with Gasteiger partial charge in [0.1, 0.15) is 17.4 Å². The molecule has 36 heavy (non-hydrogen) atoms. The van der Waals surface area contributed by atoms with Gasteiger partial charge in [0.2, 0.25) is 0 Å². The van der Waals surface area contributed by atoms with Gasteiger partial charge in [-0.3, -0.25) is 9.69 Å². The van der Waals surface area contributed by atoms with Crippen LogP contribution in [0.2, 0.25) is 0 Å². The van der Waals surface area contributed by atoms with E-state index in [0.717, 1.165) is 17.0 Å². The lowest BCUT2D eigenvalue weighted by Crippen LogP contribution is -2.49. The standard InChI is InChI=1S/C28H28F2N4O2/c1-36-21-12-10-20(11-13-21)25-18-27(22-6-2-3-7-23(22)29)34(31-25)28(35)19-32-14-16-33(17-15-32)26-9-5-4-8-24(26)30/h2-13,27H,14-19H2,1H3/t27-/m1/s1. The highest BCUT2D eigenvalue weighted by atomic mass is 19.1. The van der Waals surface area contributed by atoms with Gasteiger partial charge in [-0.05, 0) is 48.0 Å². The summed E-state index contributed by atoms with van der Waals surface area (Å²) in [5.74, 6) is -0.0613. The predicted molar refractivity (Wildman–Crippen MR) is 135 cm³/mol. The Morgan fingerprint density at radius 1 is 0.917 bits per heavy atom. The lowest BCUT2D eigenvalue weighted by atomic mass is 9.98. The molecule has 5 rings (SSSR count). The molecular weight excluding hydrogens is 462 g/mol. The van der Waals surface area contributed by atoms with Crippen LogP contribution in [0.5, 0.6) is 5.75 Å². The Labute approximate surface area is 209 Å². The van der Waals surface area contributed by atoms with Crippen LogP contribution in [0.25, 0.3) is 0 Å². The van der Waals surface area contributed by atoms with E-state index in [0.29, 0.717) is 43.9 Å². The van der Waals surface area contributed by atoms with Crippen LogP contribution in [0.3, 0.4) is 0 Å². The number of amides is 1. The van der Waals surface area contributed by atoms with E-state index >= 15 is 0 Å². The van der Waals surface area contributed by atoms with Crippen molar-refractivity contribution >= 4 is 17.3 Å². The second-order valence-corrected chi connectivity index (χ2v) is 8.97. The average molecular weight is 491 g/mol. The average Bonchev–Trinajstić information content (AvgIpc) is 3.35. The van der Waals surface area contributed by atoms with Crippen LogP contribution >= 0.6 is 0 Å². The van der Waals surface area contributed by atoms with Gasteiger partial charge in [-0.25, -0.2) is 13.8 Å². The van der Waals surface area contributed by atoms with Crippen LogP contribution in [0.15, 0.2) is 77.9 Å². The number of rotatable bonds is 6. The van der Waals surface area contributed by atoms with Crippen molar-refractivity contribution in [1.82, 2.24) is 9.91 Å². The number of nitrogens with zero attached hydrogens (tertiary/aromatic N) is 4. The van der Waals surface area contributed by atoms with Crippen LogP contribution in [-0.4, -0.2) is 61.4 Å². The fourth-order valence-electron chi connectivity index (χ4n) is 4.80. The molecule has 3 aromatic carbocycles. The largest absolute Gasteiger partial charge is 0.497 e. The van der Waals surface area contributed by atoms with Gasteiger partial charge in [-0.15, -0.1) is 0 Å². The summed E-state index contributed by atoms with van der Waals surface area (Å²) in [6.07, 6.45) is 0.417. The number of hydrogen-bond acceptors (Lipinski definition) is 5. The number of carbonyl (C=O) groups excluding carboxylic acids is 1. The maximum Gasteiger partial charge on any atom is 0.257 e. The topological polar surface area (TPSA) is 48.4 Å². The van der Waals surface area contributed by atoms with Crippen molar-refractivity contribution < 1.29 is 18.3 Å². The first kappa shape index (κ1) is 23.9. The summed E-state index contributed by atoms with van der Waals surface area (Å²) < 4.78 is 34.2. The summed E-state index contributed by atoms with van der Waals surface area (Å²) in [4.78, 5) is 17.5. The van der Waals surface area contributed by atoms with Crippen molar-refractivity contribution in [3.05, 3.63) is 95.6 Å². The van der Waals surface area contributed by atoms with Crippen LogP contribution < -0.4 is 9.64 Å². The zero-order valence-electron chi connectivity index (χ0n) is 20.1. The zero-order valence-corrected chi connectivity index (χ0v) is 20.1. The van der Waals surface area contributed by atoms with E-state index in [1.807, 2.05) is 40.1 Å². The van der Waals surface area contributed by atoms with Gasteiger partial charge in [0, 0.05) is 38.2 Å². The van der Waals surface area contributed by atoms with Crippen LogP contribution in [0.1, 0.15) is 23.6 Å². The minimum Gasteiger partial charge on any atom is -0.497 e. The quantitative estimate of drug-likeness (QED) is 0.512. The Bertz CT molecular complexity index is 1260. The number of piperazine rings is 1. The molecule has 1 atom stereocenters. The Morgan fingerprint density at radius 2 is 1.58 bits per heavy atom. The van der Waals surface area contributed by atoms with E-state index in [1.54, 1.807) is 37.4 Å². The van der Waals surface area contributed by atoms with Gasteiger partial charge < -0.3 is 9.64 Å². The SMILES string of the molecule is COc1ccc(C2=NN(C(=O)CN3CCN(c4ccccc4F)CC3)[C@@H](c3ccccc3F)C2)cc1. The normalized spacial score (nSPS) is 18.3. The highest BCUT2D eigenvalue weighted by Crippen LogP contribution is 2.34. The van der Waals surface area contributed by atoms with Crippen molar-refractivity contribution in [2.45, 2.75) is 12.5 Å². The fourth-order valence-corrected chi connectivity index (χ4v) is 4.80. The highest BCUT2D eigenvalue weighted by molar-refractivity contribution is 6.03. The molecule has 0 spiro atoms. The number of methoxy groups -OCH3 is 1. The fraction of sp³-hybridized carbons (Fsp3) is 0.286. The number of halogens is 2. The molecule has 186 valence electrons. The van der Waals surface area contributed by atoms with Gasteiger partial charge >= 0.3 is 0 Å². The van der Waals surface area contributed by atoms with E-state index in [4.69, 9.17) is 4.74 Å². The molecule has 0 aromatic heterocycles. The number of carbonyl (C=O) groups is 1. The van der Waals surface area contributed by atoms with Gasteiger partial charge in [-0.1, -0.05) is 30.3 Å². The second kappa shape index (κ2) is 10.5. The molecule has 2 aliphatic rings. The summed E-state index contributed by atoms with van der Waals surface area (Å²) in [6.45, 7) is 2.63. The molecule has 0 radical (unpaired) electrons. The molecule has 6 nitrogen and oxygen atoms in total. The van der Waals surface area contributed by atoms with E-state index in [9.17, 15) is 13.6 Å². The van der Waals surface area contributed by atoms with Gasteiger partial charge in [0.25, 0.3) is 5.91 Å². The Hall–Kier alpha value is -3.78. The van der Waals surface area contributed by atoms with Crippen molar-refractivity contribution in [2.75, 3.05) is 44.7 Å². The number of anilines is 1. The summed E-state index contributed by atoms with van der Waals surface area (Å²) in [6, 6.07) is 20.2. The maximum atomic E-state index is 14.7. The molecule has 0 aliphatic carbocycles. The third-order valence-corrected chi connectivity index (χ3v) is 6.78. The number of hydrazone groups is 1. The number of hydrogen-bond donors (Lipinski definition) is 0. The van der Waals surface area contributed by atoms with Crippen LogP contribution in [0.4, 0.5) is 14.5 Å². The van der Waals surface area contributed by atoms with E-state index < -0.39 is 6.04 Å². The molecule has 0 N–H and O–H groups in total. The summed E-state index contributed by atoms with van der Waals surface area (Å²) in [7, 11) is 1.60. The third-order valence-electron chi connectivity index (χ3n) is 6.78. The molecule has 8 heteroatoms. The molecule has 0 unspecified atom stereocenters. The molecule has 0 bridgehead atoms. The molecule has 1 saturated heterocycles. The zero-order chi connectivity index (χ0) is 25.1. The summed E-state index contributed by atoms with van der Waals surface area (Å²) >= 11 is 0. The number of ether oxygens (including phenoxy) is 1. The van der Waals surface area contributed by atoms with Crippen LogP contribution in [0, 0.1) is 11.6 Å². The minimum absolute atomic E-state index is 0.162. The van der Waals surface area contributed by atoms with Crippen molar-refractivity contribution in [3.8, 4) is 5.75 Å². The van der Waals surface area contributed by atoms with Crippen molar-refractivity contribution in [1.29, 1.82) is 0 Å². The van der Waals surface area contributed by atoms with E-state index in [-0.39, 0.29) is 24.1 Å². The molecular formula is C28H28F2N4O2. The first-order chi connectivity index (χ1) is 17.5. The first-order valence-corrected chi connectivity index (χ1v) is 12.0. The van der Waals surface area contributed by atoms with Crippen LogP contribution in [-0.2, 0) is 4.79 Å². The first-order valence-electron chi connectivity index (χ1n) is 12.0. The molecule has 3 aromatic rings. The molecule has 1 amide bonds. The third kappa shape index (κ3) is 4.95. The van der Waals surface area contributed by atoms with Gasteiger partial charge in [0.15, 0.2) is 0 Å². The van der Waals surface area contributed by atoms with Gasteiger partial charge in [-0.2, -0.15) is 5.10 Å². The monoisotopic (exact) mass is 490 g/mol. The summed E-state index contributed by atoms with van der Waals surface area (Å²) in [5.41, 5.74) is 2.62. The summed E-state index contributed by atoms with van der Waals surface area (Å²) in [5, 5.41) is 6.09. The lowest BCUT2D eigenvalue weighted by Gasteiger charge is -2.36. The Balaban J connectivity index is 1.32. The van der Waals surface area contributed by atoms with Gasteiger partial charge in [0.05, 0.1) is 31.1 Å². The lowest BCUT2D eigenvalue weighted by molar-refractivity contribution is -0.134. The number of para-hydroxylation sites is 1. The molecule has 1 fully saturated rings. The molecule has 2 heterocycles. The predicted octanol–water partition coefficient (Wildman–Crippen LogP) is 4.47. The van der Waals surface area contributed by atoms with E-state index in [2.05, 4.69) is 5.10 Å². The second-order valence-electron chi connectivity index (χ2n) is 8.97. The van der Waals surface area contributed by atoms with E-state index in [1.165, 1.54) is 17.1 Å². The van der Waals surface area contributed by atoms with Crippen molar-refractivity contribution in [3.63, 3.8) is 0 Å². The Kier molecular flexibility index (Phi) is 6.95. The minimum atomic E-state index is -0.518. The maximum absolute atomic E-state index is 14.7. The molecule has 0 saturated carbocycles.